The van der Waals surface area contributed by atoms with Crippen LogP contribution in [0.5, 0.6) is 0 Å². The molecule has 1 fully saturated rings. The number of carboxylic acid groups (broad SMARTS) is 1. The minimum absolute atomic E-state index is 0.277. The molecule has 0 aliphatic carbocycles. The molecule has 1 atom stereocenters. The van der Waals surface area contributed by atoms with Gasteiger partial charge >= 0.3 is 5.97 Å². The highest BCUT2D eigenvalue weighted by molar-refractivity contribution is 8.26. The summed E-state index contributed by atoms with van der Waals surface area (Å²) < 4.78 is 0.277. The second-order valence-corrected chi connectivity index (χ2v) is 6.54. The summed E-state index contributed by atoms with van der Waals surface area (Å²) in [7, 11) is 0. The Labute approximate surface area is 138 Å². The first kappa shape index (κ1) is 16.5. The fraction of sp³-hybridized carbons (Fsp3) is 0.188. The zero-order chi connectivity index (χ0) is 16.3. The Morgan fingerprint density at radius 3 is 2.59 bits per heavy atom. The number of hydrogen-bond acceptors (Lipinski definition) is 4. The van der Waals surface area contributed by atoms with E-state index in [0.717, 1.165) is 27.8 Å². The number of benzene rings is 1. The van der Waals surface area contributed by atoms with Gasteiger partial charge in [0, 0.05) is 0 Å². The van der Waals surface area contributed by atoms with E-state index in [-0.39, 0.29) is 10.2 Å². The molecule has 0 saturated carbocycles. The fourth-order valence-corrected chi connectivity index (χ4v) is 3.45. The number of allylic oxidation sites excluding steroid dienone is 2. The van der Waals surface area contributed by atoms with Crippen molar-refractivity contribution in [1.29, 1.82) is 0 Å². The van der Waals surface area contributed by atoms with Gasteiger partial charge < -0.3 is 5.11 Å². The van der Waals surface area contributed by atoms with E-state index in [1.807, 2.05) is 43.3 Å². The Balaban J connectivity index is 2.23. The second-order valence-electron chi connectivity index (χ2n) is 4.86. The van der Waals surface area contributed by atoms with E-state index in [2.05, 4.69) is 0 Å². The van der Waals surface area contributed by atoms with Crippen LogP contribution in [-0.4, -0.2) is 32.2 Å². The summed E-state index contributed by atoms with van der Waals surface area (Å²) in [5.74, 6) is -1.43. The van der Waals surface area contributed by atoms with Gasteiger partial charge in [-0.2, -0.15) is 0 Å². The molecule has 0 bridgehead atoms. The monoisotopic (exact) mass is 333 g/mol. The van der Waals surface area contributed by atoms with Crippen molar-refractivity contribution in [3.8, 4) is 0 Å². The molecule has 1 aromatic carbocycles. The first-order chi connectivity index (χ1) is 10.4. The molecule has 1 saturated heterocycles. The Bertz CT molecular complexity index is 680. The predicted molar refractivity (Wildman–Crippen MR) is 92.3 cm³/mol. The highest BCUT2D eigenvalue weighted by Gasteiger charge is 2.38. The summed E-state index contributed by atoms with van der Waals surface area (Å²) in [6.45, 7) is 3.34. The van der Waals surface area contributed by atoms with Crippen molar-refractivity contribution >= 4 is 46.3 Å². The van der Waals surface area contributed by atoms with Gasteiger partial charge in [-0.3, -0.25) is 9.69 Å². The van der Waals surface area contributed by atoms with Crippen molar-refractivity contribution in [3.05, 3.63) is 52.4 Å². The molecule has 114 valence electrons. The molecule has 1 heterocycles. The molecule has 4 nitrogen and oxygen atoms in total. The van der Waals surface area contributed by atoms with Crippen molar-refractivity contribution in [2.24, 2.45) is 0 Å². The lowest BCUT2D eigenvalue weighted by Crippen LogP contribution is -2.41. The maximum Gasteiger partial charge on any atom is 0.326 e. The average Bonchev–Trinajstić information content (AvgIpc) is 2.73. The largest absolute Gasteiger partial charge is 0.480 e. The number of carbonyl (C=O) groups excluding carboxylic acids is 1. The molecule has 22 heavy (non-hydrogen) atoms. The quantitative estimate of drug-likeness (QED) is 0.677. The highest BCUT2D eigenvalue weighted by Crippen LogP contribution is 2.33. The SMILES string of the molecule is CC(=Cc1ccccc1)C=C1SC(=S)N(C(C)C(=O)O)C1=O. The topological polar surface area (TPSA) is 57.6 Å². The Kier molecular flexibility index (Phi) is 5.15. The van der Waals surface area contributed by atoms with E-state index in [0.29, 0.717) is 4.91 Å². The van der Waals surface area contributed by atoms with Crippen LogP contribution in [0.4, 0.5) is 0 Å². The zero-order valence-corrected chi connectivity index (χ0v) is 13.8. The lowest BCUT2D eigenvalue weighted by Gasteiger charge is -2.18. The summed E-state index contributed by atoms with van der Waals surface area (Å²) in [6, 6.07) is 8.78. The van der Waals surface area contributed by atoms with Crippen molar-refractivity contribution in [1.82, 2.24) is 4.90 Å². The number of carbonyl (C=O) groups is 2. The Hall–Kier alpha value is -1.92. The lowest BCUT2D eigenvalue weighted by molar-refractivity contribution is -0.144. The van der Waals surface area contributed by atoms with Crippen molar-refractivity contribution < 1.29 is 14.7 Å². The van der Waals surface area contributed by atoms with Gasteiger partial charge in [0.05, 0.1) is 4.91 Å². The predicted octanol–water partition coefficient (Wildman–Crippen LogP) is 3.31. The van der Waals surface area contributed by atoms with Crippen LogP contribution in [0.3, 0.4) is 0 Å². The normalized spacial score (nSPS) is 18.9. The number of carboxylic acids is 1. The first-order valence-corrected chi connectivity index (χ1v) is 7.86. The second kappa shape index (κ2) is 6.89. The smallest absolute Gasteiger partial charge is 0.326 e. The van der Waals surface area contributed by atoms with Crippen LogP contribution in [0.1, 0.15) is 19.4 Å². The number of thiocarbonyl (C=S) groups is 1. The number of hydrogen-bond donors (Lipinski definition) is 1. The molecule has 1 aliphatic heterocycles. The van der Waals surface area contributed by atoms with Crippen molar-refractivity contribution in [2.75, 3.05) is 0 Å². The van der Waals surface area contributed by atoms with Crippen LogP contribution >= 0.6 is 24.0 Å². The van der Waals surface area contributed by atoms with E-state index >= 15 is 0 Å². The molecule has 1 N–H and O–H groups in total. The number of amides is 1. The molecule has 1 aliphatic rings. The number of thioether (sulfide) groups is 1. The van der Waals surface area contributed by atoms with E-state index < -0.39 is 12.0 Å². The third-order valence-corrected chi connectivity index (χ3v) is 4.45. The van der Waals surface area contributed by atoms with Gasteiger partial charge in [-0.15, -0.1) is 0 Å². The van der Waals surface area contributed by atoms with E-state index in [4.69, 9.17) is 17.3 Å². The summed E-state index contributed by atoms with van der Waals surface area (Å²) in [5.41, 5.74) is 1.93. The summed E-state index contributed by atoms with van der Waals surface area (Å²) in [4.78, 5) is 25.0. The summed E-state index contributed by atoms with van der Waals surface area (Å²) in [5, 5.41) is 9.05. The Morgan fingerprint density at radius 2 is 2.00 bits per heavy atom. The van der Waals surface area contributed by atoms with Crippen LogP contribution in [0.25, 0.3) is 6.08 Å². The van der Waals surface area contributed by atoms with E-state index in [1.165, 1.54) is 6.92 Å². The van der Waals surface area contributed by atoms with Crippen LogP contribution in [-0.2, 0) is 9.59 Å². The molecule has 1 aromatic rings. The highest BCUT2D eigenvalue weighted by atomic mass is 32.2. The van der Waals surface area contributed by atoms with Crippen LogP contribution in [0.15, 0.2) is 46.9 Å². The van der Waals surface area contributed by atoms with Gasteiger partial charge in [0.25, 0.3) is 5.91 Å². The van der Waals surface area contributed by atoms with Crippen molar-refractivity contribution in [2.45, 2.75) is 19.9 Å². The number of nitrogens with zero attached hydrogens (tertiary/aromatic N) is 1. The minimum Gasteiger partial charge on any atom is -0.480 e. The standard InChI is InChI=1S/C16H15NO3S2/c1-10(8-12-6-4-3-5-7-12)9-13-14(18)17(16(21)22-13)11(2)15(19)20/h3-9,11H,1-2H3,(H,19,20). The van der Waals surface area contributed by atoms with Gasteiger partial charge in [-0.1, -0.05) is 60.4 Å². The molecule has 0 radical (unpaired) electrons. The van der Waals surface area contributed by atoms with Gasteiger partial charge in [-0.05, 0) is 31.1 Å². The molecule has 0 spiro atoms. The molecule has 6 heteroatoms. The third kappa shape index (κ3) is 3.64. The average molecular weight is 333 g/mol. The molecule has 2 rings (SSSR count). The molecule has 1 amide bonds. The first-order valence-electron chi connectivity index (χ1n) is 6.63. The van der Waals surface area contributed by atoms with Gasteiger partial charge in [0.15, 0.2) is 0 Å². The molecule has 1 unspecified atom stereocenters. The van der Waals surface area contributed by atoms with Gasteiger partial charge in [0.2, 0.25) is 0 Å². The maximum absolute atomic E-state index is 12.3. The Morgan fingerprint density at radius 1 is 1.36 bits per heavy atom. The number of aliphatic carboxylic acids is 1. The maximum atomic E-state index is 12.3. The minimum atomic E-state index is -1.07. The summed E-state index contributed by atoms with van der Waals surface area (Å²) in [6.07, 6.45) is 3.69. The lowest BCUT2D eigenvalue weighted by atomic mass is 10.1. The van der Waals surface area contributed by atoms with Crippen LogP contribution < -0.4 is 0 Å². The molecule has 0 aromatic heterocycles. The van der Waals surface area contributed by atoms with Gasteiger partial charge in [-0.25, -0.2) is 4.79 Å². The zero-order valence-electron chi connectivity index (χ0n) is 12.1. The summed E-state index contributed by atoms with van der Waals surface area (Å²) >= 11 is 6.25. The van der Waals surface area contributed by atoms with E-state index in [9.17, 15) is 9.59 Å². The van der Waals surface area contributed by atoms with Crippen LogP contribution in [0, 0.1) is 0 Å². The van der Waals surface area contributed by atoms with E-state index in [1.54, 1.807) is 6.08 Å². The fourth-order valence-electron chi connectivity index (χ4n) is 1.98. The van der Waals surface area contributed by atoms with Crippen LogP contribution in [0.2, 0.25) is 0 Å². The molecular weight excluding hydrogens is 318 g/mol. The third-order valence-electron chi connectivity index (χ3n) is 3.12. The van der Waals surface area contributed by atoms with Gasteiger partial charge in [0.1, 0.15) is 10.4 Å². The number of rotatable bonds is 4. The van der Waals surface area contributed by atoms with Crippen molar-refractivity contribution in [3.63, 3.8) is 0 Å². The molecular formula is C16H15NO3S2.